The highest BCUT2D eigenvalue weighted by atomic mass is 79.9. The van der Waals surface area contributed by atoms with E-state index in [2.05, 4.69) is 25.9 Å². The van der Waals surface area contributed by atoms with Crippen molar-refractivity contribution in [1.82, 2.24) is 14.5 Å². The first-order valence-electron chi connectivity index (χ1n) is 8.58. The fourth-order valence-corrected chi connectivity index (χ4v) is 4.45. The Morgan fingerprint density at radius 1 is 1.17 bits per heavy atom. The zero-order valence-corrected chi connectivity index (χ0v) is 17.6. The van der Waals surface area contributed by atoms with Gasteiger partial charge in [0, 0.05) is 22.3 Å². The average Bonchev–Trinajstić information content (AvgIpc) is 3.02. The van der Waals surface area contributed by atoms with E-state index in [0.29, 0.717) is 21.6 Å². The molecule has 0 fully saturated rings. The third kappa shape index (κ3) is 3.45. The van der Waals surface area contributed by atoms with E-state index in [-0.39, 0.29) is 27.5 Å². The Balaban J connectivity index is 2.12. The number of alkyl halides is 3. The van der Waals surface area contributed by atoms with Crippen LogP contribution in [0.5, 0.6) is 0 Å². The lowest BCUT2D eigenvalue weighted by Crippen LogP contribution is -2.11. The number of halogens is 5. The van der Waals surface area contributed by atoms with Gasteiger partial charge >= 0.3 is 6.18 Å². The van der Waals surface area contributed by atoms with E-state index >= 15 is 0 Å². The van der Waals surface area contributed by atoms with Crippen LogP contribution in [0.1, 0.15) is 12.5 Å². The predicted octanol–water partition coefficient (Wildman–Crippen LogP) is 5.29. The number of hydrogen-bond donors (Lipinski definition) is 0. The highest BCUT2D eigenvalue weighted by Crippen LogP contribution is 2.34. The number of sulfone groups is 1. The van der Waals surface area contributed by atoms with Crippen LogP contribution in [0.15, 0.2) is 52.1 Å². The van der Waals surface area contributed by atoms with Gasteiger partial charge in [-0.2, -0.15) is 13.2 Å². The minimum absolute atomic E-state index is 0.197. The standard InChI is InChI=1S/C19H12BrF4N3O2S/c1-2-30(28,29)16-5-10-3-4-12(20)7-14(10)26-18(16)27-9-13(21)17-15(27)6-11(8-25-17)19(22,23)24/h3-9H,2H2,1H3. The van der Waals surface area contributed by atoms with Gasteiger partial charge in [0.25, 0.3) is 0 Å². The van der Waals surface area contributed by atoms with Crippen molar-refractivity contribution in [1.29, 1.82) is 0 Å². The van der Waals surface area contributed by atoms with Gasteiger partial charge in [-0.25, -0.2) is 17.8 Å². The van der Waals surface area contributed by atoms with Crippen molar-refractivity contribution < 1.29 is 26.0 Å². The maximum atomic E-state index is 14.5. The van der Waals surface area contributed by atoms with Crippen molar-refractivity contribution in [2.75, 3.05) is 5.75 Å². The molecule has 11 heteroatoms. The van der Waals surface area contributed by atoms with E-state index in [9.17, 15) is 26.0 Å². The van der Waals surface area contributed by atoms with Gasteiger partial charge in [0.1, 0.15) is 10.4 Å². The maximum absolute atomic E-state index is 14.5. The summed E-state index contributed by atoms with van der Waals surface area (Å²) < 4.78 is 81.1. The van der Waals surface area contributed by atoms with Crippen LogP contribution in [0, 0.1) is 5.82 Å². The fraction of sp³-hybridized carbons (Fsp3) is 0.158. The second-order valence-corrected chi connectivity index (χ2v) is 9.65. The number of fused-ring (bicyclic) bond motifs is 2. The van der Waals surface area contributed by atoms with Crippen LogP contribution in [-0.2, 0) is 16.0 Å². The molecule has 0 aliphatic heterocycles. The Bertz CT molecular complexity index is 1420. The van der Waals surface area contributed by atoms with E-state index in [4.69, 9.17) is 0 Å². The summed E-state index contributed by atoms with van der Waals surface area (Å²) in [5.74, 6) is -1.36. The minimum Gasteiger partial charge on any atom is -0.295 e. The number of rotatable bonds is 3. The van der Waals surface area contributed by atoms with Crippen LogP contribution in [0.3, 0.4) is 0 Å². The minimum atomic E-state index is -4.70. The largest absolute Gasteiger partial charge is 0.417 e. The first-order valence-corrected chi connectivity index (χ1v) is 11.0. The molecule has 0 N–H and O–H groups in total. The van der Waals surface area contributed by atoms with Gasteiger partial charge < -0.3 is 0 Å². The van der Waals surface area contributed by atoms with Crippen molar-refractivity contribution in [2.24, 2.45) is 0 Å². The lowest BCUT2D eigenvalue weighted by molar-refractivity contribution is -0.137. The lowest BCUT2D eigenvalue weighted by atomic mass is 10.2. The molecular weight excluding hydrogens is 490 g/mol. The number of nitrogens with zero attached hydrogens (tertiary/aromatic N) is 3. The van der Waals surface area contributed by atoms with Gasteiger partial charge in [-0.15, -0.1) is 0 Å². The molecule has 0 unspecified atom stereocenters. The van der Waals surface area contributed by atoms with Crippen LogP contribution >= 0.6 is 15.9 Å². The molecule has 0 amide bonds. The second-order valence-electron chi connectivity index (χ2n) is 6.49. The number of pyridine rings is 2. The molecule has 0 atom stereocenters. The van der Waals surface area contributed by atoms with Crippen molar-refractivity contribution in [3.05, 3.63) is 58.6 Å². The lowest BCUT2D eigenvalue weighted by Gasteiger charge is -2.13. The molecule has 3 heterocycles. The van der Waals surface area contributed by atoms with Gasteiger partial charge in [0.15, 0.2) is 21.5 Å². The molecule has 0 saturated heterocycles. The van der Waals surface area contributed by atoms with Crippen molar-refractivity contribution >= 4 is 47.7 Å². The summed E-state index contributed by atoms with van der Waals surface area (Å²) in [5, 5.41) is 0.514. The Labute approximate surface area is 176 Å². The molecule has 4 rings (SSSR count). The monoisotopic (exact) mass is 501 g/mol. The molecule has 0 spiro atoms. The number of hydrogen-bond acceptors (Lipinski definition) is 4. The van der Waals surface area contributed by atoms with Gasteiger partial charge in [-0.1, -0.05) is 28.9 Å². The summed E-state index contributed by atoms with van der Waals surface area (Å²) >= 11 is 3.30. The van der Waals surface area contributed by atoms with Crippen molar-refractivity contribution in [2.45, 2.75) is 18.0 Å². The molecule has 156 valence electrons. The molecule has 0 aliphatic carbocycles. The SMILES string of the molecule is CCS(=O)(=O)c1cc2ccc(Br)cc2nc1-n1cc(F)c2ncc(C(F)(F)F)cc21. The topological polar surface area (TPSA) is 64.8 Å². The number of aromatic nitrogens is 3. The third-order valence-electron chi connectivity index (χ3n) is 4.59. The summed E-state index contributed by atoms with van der Waals surface area (Å²) in [6.07, 6.45) is -3.28. The Hall–Kier alpha value is -2.53. The Morgan fingerprint density at radius 3 is 2.57 bits per heavy atom. The number of benzene rings is 1. The molecular formula is C19H12BrF4N3O2S. The zero-order valence-electron chi connectivity index (χ0n) is 15.2. The fourth-order valence-electron chi connectivity index (χ4n) is 3.06. The molecule has 30 heavy (non-hydrogen) atoms. The first kappa shape index (κ1) is 20.7. The molecule has 0 radical (unpaired) electrons. The van der Waals surface area contributed by atoms with E-state index in [1.807, 2.05) is 0 Å². The summed E-state index contributed by atoms with van der Waals surface area (Å²) in [6.45, 7) is 1.43. The van der Waals surface area contributed by atoms with Crippen LogP contribution in [0.2, 0.25) is 0 Å². The van der Waals surface area contributed by atoms with Crippen LogP contribution in [-0.4, -0.2) is 28.7 Å². The Kier molecular flexibility index (Phi) is 4.85. The molecule has 0 saturated carbocycles. The van der Waals surface area contributed by atoms with Gasteiger partial charge in [0.05, 0.1) is 22.3 Å². The summed E-state index contributed by atoms with van der Waals surface area (Å²) in [6, 6.07) is 7.09. The zero-order chi connectivity index (χ0) is 21.8. The highest BCUT2D eigenvalue weighted by molar-refractivity contribution is 9.10. The van der Waals surface area contributed by atoms with Gasteiger partial charge in [0.2, 0.25) is 0 Å². The first-order chi connectivity index (χ1) is 14.0. The normalized spacial score (nSPS) is 12.7. The summed E-state index contributed by atoms with van der Waals surface area (Å²) in [7, 11) is -3.84. The summed E-state index contributed by atoms with van der Waals surface area (Å²) in [4.78, 5) is 7.72. The second kappa shape index (κ2) is 7.02. The molecule has 0 aliphatic rings. The van der Waals surface area contributed by atoms with E-state index in [1.54, 1.807) is 18.2 Å². The van der Waals surface area contributed by atoms with E-state index < -0.39 is 27.4 Å². The highest BCUT2D eigenvalue weighted by Gasteiger charge is 2.32. The van der Waals surface area contributed by atoms with Crippen LogP contribution < -0.4 is 0 Å². The third-order valence-corrected chi connectivity index (χ3v) is 6.82. The molecule has 1 aromatic carbocycles. The molecule has 3 aromatic heterocycles. The average molecular weight is 502 g/mol. The van der Waals surface area contributed by atoms with Crippen molar-refractivity contribution in [3.8, 4) is 5.82 Å². The molecule has 0 bridgehead atoms. The molecule has 5 nitrogen and oxygen atoms in total. The van der Waals surface area contributed by atoms with E-state index in [0.717, 1.165) is 16.8 Å². The van der Waals surface area contributed by atoms with Gasteiger partial charge in [-0.3, -0.25) is 9.55 Å². The van der Waals surface area contributed by atoms with Crippen LogP contribution in [0.25, 0.3) is 27.8 Å². The van der Waals surface area contributed by atoms with E-state index in [1.165, 1.54) is 13.0 Å². The van der Waals surface area contributed by atoms with Gasteiger partial charge in [-0.05, 0) is 24.3 Å². The quantitative estimate of drug-likeness (QED) is 0.358. The predicted molar refractivity (Wildman–Crippen MR) is 107 cm³/mol. The Morgan fingerprint density at radius 2 is 1.90 bits per heavy atom. The van der Waals surface area contributed by atoms with Crippen LogP contribution in [0.4, 0.5) is 17.6 Å². The summed E-state index contributed by atoms with van der Waals surface area (Å²) in [5.41, 5.74) is -1.26. The smallest absolute Gasteiger partial charge is 0.295 e. The van der Waals surface area contributed by atoms with Crippen molar-refractivity contribution in [3.63, 3.8) is 0 Å². The maximum Gasteiger partial charge on any atom is 0.417 e. The molecule has 4 aromatic rings.